The van der Waals surface area contributed by atoms with E-state index in [-0.39, 0.29) is 4.90 Å². The van der Waals surface area contributed by atoms with Crippen LogP contribution in [0.15, 0.2) is 29.2 Å². The highest BCUT2D eigenvalue weighted by Gasteiger charge is 2.18. The molecular weight excluding hydrogens is 390 g/mol. The number of alkyl halides is 1. The van der Waals surface area contributed by atoms with Crippen LogP contribution in [0.3, 0.4) is 0 Å². The summed E-state index contributed by atoms with van der Waals surface area (Å²) in [7, 11) is -1.87. The number of halogens is 1. The van der Waals surface area contributed by atoms with Crippen molar-refractivity contribution in [1.82, 2.24) is 0 Å². The molecule has 0 aliphatic carbocycles. The summed E-state index contributed by atoms with van der Waals surface area (Å²) < 4.78 is 32.4. The van der Waals surface area contributed by atoms with Crippen molar-refractivity contribution in [2.24, 2.45) is 0 Å². The van der Waals surface area contributed by atoms with Crippen LogP contribution in [0.25, 0.3) is 0 Å². The molecule has 1 rings (SSSR count). The molecule has 0 bridgehead atoms. The van der Waals surface area contributed by atoms with Gasteiger partial charge in [0, 0.05) is 0 Å². The first-order valence-electron chi connectivity index (χ1n) is 8.60. The van der Waals surface area contributed by atoms with Gasteiger partial charge in [0.25, 0.3) is 0 Å². The Hall–Kier alpha value is -0.430. The topological polar surface area (TPSA) is 57.2 Å². The molecule has 0 fully saturated rings. The molecule has 0 aliphatic rings. The summed E-state index contributed by atoms with van der Waals surface area (Å²) in [6.45, 7) is 10.3. The second-order valence-corrected chi connectivity index (χ2v) is 8.63. The van der Waals surface area contributed by atoms with Gasteiger partial charge >= 0.3 is 0 Å². The molecular formula is C18H32BrNO3S. The third-order valence-electron chi connectivity index (χ3n) is 4.04. The van der Waals surface area contributed by atoms with Gasteiger partial charge in [-0.3, -0.25) is 0 Å². The zero-order valence-corrected chi connectivity index (χ0v) is 17.8. The van der Waals surface area contributed by atoms with Crippen LogP contribution in [0, 0.1) is 6.92 Å². The van der Waals surface area contributed by atoms with Crippen LogP contribution in [0.4, 0.5) is 0 Å². The standard InChI is InChI=1S/C11H25BrN.C7H8O3S/c1-4-6-9-13(3,11-8-12)10-7-5-2;1-6-2-4-7(5-3-6)11(8,9)10/h4-11H2,1-3H3;2-5H,1H3,(H,8,9,10)/q+1;/p-1. The molecule has 1 aromatic rings. The van der Waals surface area contributed by atoms with Crippen LogP contribution in [-0.4, -0.2) is 49.5 Å². The summed E-state index contributed by atoms with van der Waals surface area (Å²) in [5.41, 5.74) is 0.928. The number of unbranched alkanes of at least 4 members (excludes halogenated alkanes) is 2. The van der Waals surface area contributed by atoms with Gasteiger partial charge in [-0.05, 0) is 31.9 Å². The summed E-state index contributed by atoms with van der Waals surface area (Å²) in [5, 5.41) is 1.14. The highest BCUT2D eigenvalue weighted by atomic mass is 79.9. The summed E-state index contributed by atoms with van der Waals surface area (Å²) in [5.74, 6) is 0. The maximum Gasteiger partial charge on any atom is 0.124 e. The lowest BCUT2D eigenvalue weighted by atomic mass is 10.2. The van der Waals surface area contributed by atoms with Gasteiger partial charge in [0.15, 0.2) is 0 Å². The minimum Gasteiger partial charge on any atom is -0.744 e. The number of nitrogens with zero attached hydrogens (tertiary/aromatic N) is 1. The number of hydrogen-bond acceptors (Lipinski definition) is 3. The number of aryl methyl sites for hydroxylation is 1. The van der Waals surface area contributed by atoms with Gasteiger partial charge in [0.05, 0.1) is 36.9 Å². The monoisotopic (exact) mass is 421 g/mol. The summed E-state index contributed by atoms with van der Waals surface area (Å²) in [6, 6.07) is 5.78. The van der Waals surface area contributed by atoms with Gasteiger partial charge in [-0.1, -0.05) is 60.3 Å². The second-order valence-electron chi connectivity index (χ2n) is 6.45. The SMILES string of the molecule is CCCC[N+](C)(CCBr)CCCC.Cc1ccc(S(=O)(=O)[O-])cc1. The molecule has 0 amide bonds. The molecule has 0 aliphatic heterocycles. The Labute approximate surface area is 156 Å². The van der Waals surface area contributed by atoms with Crippen molar-refractivity contribution in [2.45, 2.75) is 51.3 Å². The van der Waals surface area contributed by atoms with E-state index in [1.165, 1.54) is 61.9 Å². The van der Waals surface area contributed by atoms with Gasteiger partial charge in [-0.2, -0.15) is 0 Å². The smallest absolute Gasteiger partial charge is 0.124 e. The molecule has 0 N–H and O–H groups in total. The summed E-state index contributed by atoms with van der Waals surface area (Å²) in [4.78, 5) is -0.178. The molecule has 1 aromatic carbocycles. The zero-order valence-electron chi connectivity index (χ0n) is 15.4. The van der Waals surface area contributed by atoms with Crippen LogP contribution < -0.4 is 0 Å². The third-order valence-corrected chi connectivity index (χ3v) is 5.24. The fourth-order valence-electron chi connectivity index (χ4n) is 2.32. The normalized spacial score (nSPS) is 11.8. The van der Waals surface area contributed by atoms with Gasteiger partial charge in [0.2, 0.25) is 0 Å². The highest BCUT2D eigenvalue weighted by molar-refractivity contribution is 9.09. The fraction of sp³-hybridized carbons (Fsp3) is 0.667. The molecule has 0 saturated heterocycles. The maximum absolute atomic E-state index is 10.4. The quantitative estimate of drug-likeness (QED) is 0.338. The van der Waals surface area contributed by atoms with Crippen molar-refractivity contribution in [3.05, 3.63) is 29.8 Å². The first-order chi connectivity index (χ1) is 11.2. The minimum atomic E-state index is -4.27. The Bertz CT molecular complexity index is 536. The number of rotatable bonds is 9. The van der Waals surface area contributed by atoms with E-state index in [4.69, 9.17) is 0 Å². The molecule has 0 heterocycles. The Balaban J connectivity index is 0.000000446. The highest BCUT2D eigenvalue weighted by Crippen LogP contribution is 2.09. The Kier molecular flexibility index (Phi) is 11.8. The van der Waals surface area contributed by atoms with Gasteiger partial charge in [-0.15, -0.1) is 0 Å². The zero-order chi connectivity index (χ0) is 18.6. The molecule has 0 radical (unpaired) electrons. The Morgan fingerprint density at radius 2 is 1.46 bits per heavy atom. The largest absolute Gasteiger partial charge is 0.744 e. The van der Waals surface area contributed by atoms with E-state index >= 15 is 0 Å². The average molecular weight is 422 g/mol. The molecule has 4 nitrogen and oxygen atoms in total. The third kappa shape index (κ3) is 10.4. The van der Waals surface area contributed by atoms with E-state index in [1.807, 2.05) is 6.92 Å². The van der Waals surface area contributed by atoms with Gasteiger partial charge in [-0.25, -0.2) is 8.42 Å². The van der Waals surface area contributed by atoms with E-state index in [0.717, 1.165) is 10.9 Å². The van der Waals surface area contributed by atoms with Crippen LogP contribution in [0.1, 0.15) is 45.1 Å². The molecule has 140 valence electrons. The van der Waals surface area contributed by atoms with E-state index in [2.05, 4.69) is 36.8 Å². The molecule has 0 atom stereocenters. The van der Waals surface area contributed by atoms with Crippen LogP contribution in [0.2, 0.25) is 0 Å². The predicted octanol–water partition coefficient (Wildman–Crippen LogP) is 4.33. The van der Waals surface area contributed by atoms with E-state index in [1.54, 1.807) is 12.1 Å². The summed E-state index contributed by atoms with van der Waals surface area (Å²) in [6.07, 6.45) is 5.38. The van der Waals surface area contributed by atoms with E-state index in [9.17, 15) is 13.0 Å². The molecule has 0 saturated carbocycles. The lowest BCUT2D eigenvalue weighted by Gasteiger charge is -2.34. The van der Waals surface area contributed by atoms with Crippen molar-refractivity contribution in [1.29, 1.82) is 0 Å². The van der Waals surface area contributed by atoms with Crippen molar-refractivity contribution >= 4 is 26.0 Å². The summed E-state index contributed by atoms with van der Waals surface area (Å²) >= 11 is 3.55. The average Bonchev–Trinajstić information content (AvgIpc) is 2.52. The fourth-order valence-corrected chi connectivity index (χ4v) is 3.65. The lowest BCUT2D eigenvalue weighted by Crippen LogP contribution is -2.46. The van der Waals surface area contributed by atoms with Crippen molar-refractivity contribution in [3.8, 4) is 0 Å². The van der Waals surface area contributed by atoms with Gasteiger partial charge in [0.1, 0.15) is 10.1 Å². The maximum atomic E-state index is 10.4. The van der Waals surface area contributed by atoms with Crippen LogP contribution in [0.5, 0.6) is 0 Å². The molecule has 24 heavy (non-hydrogen) atoms. The van der Waals surface area contributed by atoms with E-state index < -0.39 is 10.1 Å². The molecule has 0 spiro atoms. The van der Waals surface area contributed by atoms with Crippen LogP contribution >= 0.6 is 15.9 Å². The van der Waals surface area contributed by atoms with Crippen molar-refractivity contribution in [3.63, 3.8) is 0 Å². The number of quaternary nitrogens is 1. The van der Waals surface area contributed by atoms with Crippen molar-refractivity contribution < 1.29 is 17.5 Å². The second kappa shape index (κ2) is 12.0. The van der Waals surface area contributed by atoms with Crippen LogP contribution in [-0.2, 0) is 10.1 Å². The Morgan fingerprint density at radius 3 is 1.79 bits per heavy atom. The molecule has 0 unspecified atom stereocenters. The van der Waals surface area contributed by atoms with E-state index in [0.29, 0.717) is 0 Å². The number of benzene rings is 1. The number of hydrogen-bond donors (Lipinski definition) is 0. The lowest BCUT2D eigenvalue weighted by molar-refractivity contribution is -0.907. The van der Waals surface area contributed by atoms with Crippen molar-refractivity contribution in [2.75, 3.05) is 32.0 Å². The Morgan fingerprint density at radius 1 is 1.00 bits per heavy atom. The predicted molar refractivity (Wildman–Crippen MR) is 104 cm³/mol. The first kappa shape index (κ1) is 23.6. The first-order valence-corrected chi connectivity index (χ1v) is 11.1. The molecule has 0 aromatic heterocycles. The van der Waals surface area contributed by atoms with Gasteiger partial charge < -0.3 is 9.04 Å². The molecule has 6 heteroatoms. The minimum absolute atomic E-state index is 0.178.